The molecule has 2 atom stereocenters. The summed E-state index contributed by atoms with van der Waals surface area (Å²) in [5.41, 5.74) is 0. The highest BCUT2D eigenvalue weighted by molar-refractivity contribution is 4.80. The van der Waals surface area contributed by atoms with E-state index in [1.54, 1.807) is 0 Å². The second-order valence-corrected chi connectivity index (χ2v) is 4.03. The Labute approximate surface area is 78.1 Å². The molecular weight excluding hydrogens is 174 g/mol. The smallest absolute Gasteiger partial charge is 0.257 e. The number of hydrogen-bond donors (Lipinski definition) is 2. The van der Waals surface area contributed by atoms with Gasteiger partial charge in [-0.3, -0.25) is 0 Å². The lowest BCUT2D eigenvalue weighted by Crippen LogP contribution is -2.49. The van der Waals surface area contributed by atoms with Crippen molar-refractivity contribution in [2.75, 3.05) is 13.1 Å². The minimum atomic E-state index is -2.59. The summed E-state index contributed by atoms with van der Waals surface area (Å²) in [7, 11) is 0. The standard InChI is InChI=1S/C9H18F2N2/c1-7-3-4-8(5-12-7)13-6-9(2,10)11/h7-8,12-13H,3-6H2,1-2H3. The molecule has 78 valence electrons. The van der Waals surface area contributed by atoms with Crippen molar-refractivity contribution in [1.29, 1.82) is 0 Å². The lowest BCUT2D eigenvalue weighted by Gasteiger charge is -2.29. The van der Waals surface area contributed by atoms with E-state index in [1.807, 2.05) is 0 Å². The Kier molecular flexibility index (Phi) is 3.62. The van der Waals surface area contributed by atoms with Crippen LogP contribution in [0.2, 0.25) is 0 Å². The third kappa shape index (κ3) is 4.52. The molecule has 13 heavy (non-hydrogen) atoms. The van der Waals surface area contributed by atoms with Crippen LogP contribution in [0.5, 0.6) is 0 Å². The number of piperidine rings is 1. The molecule has 2 nitrogen and oxygen atoms in total. The van der Waals surface area contributed by atoms with E-state index in [0.717, 1.165) is 26.3 Å². The molecule has 0 aromatic rings. The molecule has 1 rings (SSSR count). The molecule has 2 N–H and O–H groups in total. The number of nitrogens with one attached hydrogen (secondary N) is 2. The summed E-state index contributed by atoms with van der Waals surface area (Å²) in [6, 6.07) is 0.738. The first-order valence-electron chi connectivity index (χ1n) is 4.82. The maximum atomic E-state index is 12.5. The van der Waals surface area contributed by atoms with E-state index in [9.17, 15) is 8.78 Å². The number of halogens is 2. The van der Waals surface area contributed by atoms with Gasteiger partial charge in [-0.15, -0.1) is 0 Å². The van der Waals surface area contributed by atoms with E-state index in [1.165, 1.54) is 0 Å². The van der Waals surface area contributed by atoms with Gasteiger partial charge in [0.1, 0.15) is 0 Å². The summed E-state index contributed by atoms with van der Waals surface area (Å²) in [4.78, 5) is 0. The number of alkyl halides is 2. The molecule has 0 radical (unpaired) electrons. The summed E-state index contributed by atoms with van der Waals surface area (Å²) in [6.07, 6.45) is 2.05. The first-order chi connectivity index (χ1) is 5.97. The van der Waals surface area contributed by atoms with Gasteiger partial charge in [0.25, 0.3) is 5.92 Å². The molecule has 1 aliphatic rings. The molecule has 1 heterocycles. The Balaban J connectivity index is 2.16. The van der Waals surface area contributed by atoms with Crippen molar-refractivity contribution in [3.05, 3.63) is 0 Å². The van der Waals surface area contributed by atoms with Crippen LogP contribution in [0.15, 0.2) is 0 Å². The second kappa shape index (κ2) is 4.33. The van der Waals surface area contributed by atoms with Gasteiger partial charge in [0.05, 0.1) is 6.54 Å². The Morgan fingerprint density at radius 1 is 1.46 bits per heavy atom. The van der Waals surface area contributed by atoms with Crippen LogP contribution in [-0.4, -0.2) is 31.1 Å². The van der Waals surface area contributed by atoms with Crippen LogP contribution in [0, 0.1) is 0 Å². The molecule has 4 heteroatoms. The molecule has 0 spiro atoms. The van der Waals surface area contributed by atoms with Crippen LogP contribution in [-0.2, 0) is 0 Å². The van der Waals surface area contributed by atoms with Crippen LogP contribution < -0.4 is 10.6 Å². The molecular formula is C9H18F2N2. The highest BCUT2D eigenvalue weighted by Crippen LogP contribution is 2.12. The van der Waals surface area contributed by atoms with Gasteiger partial charge in [0.15, 0.2) is 0 Å². The van der Waals surface area contributed by atoms with Crippen LogP contribution in [0.3, 0.4) is 0 Å². The third-order valence-electron chi connectivity index (χ3n) is 2.36. The molecule has 1 fully saturated rings. The molecule has 0 amide bonds. The first-order valence-corrected chi connectivity index (χ1v) is 4.82. The largest absolute Gasteiger partial charge is 0.313 e. The van der Waals surface area contributed by atoms with Crippen molar-refractivity contribution in [3.63, 3.8) is 0 Å². The lowest BCUT2D eigenvalue weighted by atomic mass is 10.0. The summed E-state index contributed by atoms with van der Waals surface area (Å²) in [5, 5.41) is 6.13. The molecule has 0 aromatic carbocycles. The van der Waals surface area contributed by atoms with Gasteiger partial charge in [-0.2, -0.15) is 0 Å². The minimum absolute atomic E-state index is 0.210. The monoisotopic (exact) mass is 192 g/mol. The van der Waals surface area contributed by atoms with Crippen molar-refractivity contribution in [2.45, 2.75) is 44.7 Å². The van der Waals surface area contributed by atoms with Crippen molar-refractivity contribution in [1.82, 2.24) is 10.6 Å². The Hall–Kier alpha value is -0.220. The Morgan fingerprint density at radius 2 is 2.15 bits per heavy atom. The molecule has 1 aliphatic heterocycles. The van der Waals surface area contributed by atoms with Gasteiger partial charge in [0, 0.05) is 25.6 Å². The first kappa shape index (κ1) is 10.9. The quantitative estimate of drug-likeness (QED) is 0.705. The van der Waals surface area contributed by atoms with Crippen LogP contribution >= 0.6 is 0 Å². The minimum Gasteiger partial charge on any atom is -0.313 e. The zero-order valence-corrected chi connectivity index (χ0v) is 8.24. The topological polar surface area (TPSA) is 24.1 Å². The summed E-state index contributed by atoms with van der Waals surface area (Å²) >= 11 is 0. The molecule has 0 aliphatic carbocycles. The van der Waals surface area contributed by atoms with Crippen molar-refractivity contribution < 1.29 is 8.78 Å². The van der Waals surface area contributed by atoms with Gasteiger partial charge in [-0.05, 0) is 19.8 Å². The summed E-state index contributed by atoms with van der Waals surface area (Å²) in [5.74, 6) is -2.59. The van der Waals surface area contributed by atoms with Gasteiger partial charge < -0.3 is 10.6 Å². The zero-order valence-electron chi connectivity index (χ0n) is 8.24. The van der Waals surface area contributed by atoms with E-state index < -0.39 is 5.92 Å². The number of hydrogen-bond acceptors (Lipinski definition) is 2. The van der Waals surface area contributed by atoms with Gasteiger partial charge in [-0.1, -0.05) is 0 Å². The number of rotatable bonds is 3. The lowest BCUT2D eigenvalue weighted by molar-refractivity contribution is 0.0188. The maximum absolute atomic E-state index is 12.5. The second-order valence-electron chi connectivity index (χ2n) is 4.03. The fraction of sp³-hybridized carbons (Fsp3) is 1.00. The van der Waals surface area contributed by atoms with E-state index in [2.05, 4.69) is 17.6 Å². The highest BCUT2D eigenvalue weighted by atomic mass is 19.3. The fourth-order valence-electron chi connectivity index (χ4n) is 1.50. The zero-order chi connectivity index (χ0) is 9.90. The SMILES string of the molecule is CC1CCC(NCC(C)(F)F)CN1. The van der Waals surface area contributed by atoms with Crippen LogP contribution in [0.1, 0.15) is 26.7 Å². The third-order valence-corrected chi connectivity index (χ3v) is 2.36. The van der Waals surface area contributed by atoms with Crippen LogP contribution in [0.25, 0.3) is 0 Å². The molecule has 2 unspecified atom stereocenters. The molecule has 0 aromatic heterocycles. The normalized spacial score (nSPS) is 30.5. The summed E-state index contributed by atoms with van der Waals surface area (Å²) in [6.45, 7) is 3.65. The highest BCUT2D eigenvalue weighted by Gasteiger charge is 2.24. The van der Waals surface area contributed by atoms with Crippen molar-refractivity contribution >= 4 is 0 Å². The van der Waals surface area contributed by atoms with E-state index in [4.69, 9.17) is 0 Å². The molecule has 0 saturated carbocycles. The molecule has 1 saturated heterocycles. The molecule has 0 bridgehead atoms. The van der Waals surface area contributed by atoms with E-state index in [0.29, 0.717) is 6.04 Å². The van der Waals surface area contributed by atoms with E-state index in [-0.39, 0.29) is 12.6 Å². The maximum Gasteiger partial charge on any atom is 0.257 e. The van der Waals surface area contributed by atoms with Crippen molar-refractivity contribution in [3.8, 4) is 0 Å². The van der Waals surface area contributed by atoms with Crippen molar-refractivity contribution in [2.24, 2.45) is 0 Å². The van der Waals surface area contributed by atoms with Gasteiger partial charge in [-0.25, -0.2) is 8.78 Å². The van der Waals surface area contributed by atoms with Gasteiger partial charge >= 0.3 is 0 Å². The Morgan fingerprint density at radius 3 is 2.62 bits per heavy atom. The predicted molar refractivity (Wildman–Crippen MR) is 49.1 cm³/mol. The van der Waals surface area contributed by atoms with Crippen LogP contribution in [0.4, 0.5) is 8.78 Å². The predicted octanol–water partition coefficient (Wildman–Crippen LogP) is 1.37. The van der Waals surface area contributed by atoms with E-state index >= 15 is 0 Å². The average molecular weight is 192 g/mol. The van der Waals surface area contributed by atoms with Gasteiger partial charge in [0.2, 0.25) is 0 Å². The average Bonchev–Trinajstić information content (AvgIpc) is 2.02. The fourth-order valence-corrected chi connectivity index (χ4v) is 1.50. The Bertz CT molecular complexity index is 148. The summed E-state index contributed by atoms with van der Waals surface area (Å²) < 4.78 is 24.9.